The first-order valence-corrected chi connectivity index (χ1v) is 7.34. The molecule has 0 amide bonds. The van der Waals surface area contributed by atoms with E-state index in [2.05, 4.69) is 18.3 Å². The molecule has 1 heterocycles. The first kappa shape index (κ1) is 15.1. The van der Waals surface area contributed by atoms with E-state index in [1.54, 1.807) is 14.2 Å². The van der Waals surface area contributed by atoms with Gasteiger partial charge < -0.3 is 19.5 Å². The summed E-state index contributed by atoms with van der Waals surface area (Å²) in [6, 6.07) is 5.96. The summed E-state index contributed by atoms with van der Waals surface area (Å²) in [6.07, 6.45) is 2.42. The molecule has 0 bridgehead atoms. The van der Waals surface area contributed by atoms with E-state index in [0.29, 0.717) is 5.92 Å². The number of rotatable bonds is 6. The normalized spacial score (nSPS) is 22.6. The second-order valence-electron chi connectivity index (χ2n) is 5.11. The van der Waals surface area contributed by atoms with Gasteiger partial charge in [0, 0.05) is 30.7 Å². The summed E-state index contributed by atoms with van der Waals surface area (Å²) in [5.41, 5.74) is 1.12. The van der Waals surface area contributed by atoms with E-state index >= 15 is 0 Å². The minimum Gasteiger partial charge on any atom is -0.497 e. The van der Waals surface area contributed by atoms with E-state index in [0.717, 1.165) is 43.2 Å². The standard InChI is InChI=1S/C16H25NO3/c1-4-17-11-12-6-5-9-20-16(12)14-8-7-13(18-2)10-15(14)19-3/h7-8,10,12,16-17H,4-6,9,11H2,1-3H3. The molecule has 1 aromatic carbocycles. The van der Waals surface area contributed by atoms with Crippen molar-refractivity contribution in [2.24, 2.45) is 5.92 Å². The number of nitrogens with one attached hydrogen (secondary N) is 1. The van der Waals surface area contributed by atoms with E-state index in [1.165, 1.54) is 6.42 Å². The lowest BCUT2D eigenvalue weighted by molar-refractivity contribution is -0.0287. The van der Waals surface area contributed by atoms with Crippen LogP contribution in [0.2, 0.25) is 0 Å². The molecule has 0 saturated carbocycles. The molecular weight excluding hydrogens is 254 g/mol. The number of methoxy groups -OCH3 is 2. The topological polar surface area (TPSA) is 39.7 Å². The molecule has 1 N–H and O–H groups in total. The van der Waals surface area contributed by atoms with E-state index in [9.17, 15) is 0 Å². The van der Waals surface area contributed by atoms with Gasteiger partial charge in [0.05, 0.1) is 20.3 Å². The molecule has 1 saturated heterocycles. The molecule has 20 heavy (non-hydrogen) atoms. The van der Waals surface area contributed by atoms with Crippen molar-refractivity contribution in [2.75, 3.05) is 33.9 Å². The van der Waals surface area contributed by atoms with Gasteiger partial charge in [0.2, 0.25) is 0 Å². The van der Waals surface area contributed by atoms with Gasteiger partial charge in [-0.05, 0) is 31.5 Å². The van der Waals surface area contributed by atoms with Gasteiger partial charge in [0.25, 0.3) is 0 Å². The molecule has 0 spiro atoms. The molecule has 2 rings (SSSR count). The van der Waals surface area contributed by atoms with E-state index in [4.69, 9.17) is 14.2 Å². The SMILES string of the molecule is CCNCC1CCCOC1c1ccc(OC)cc1OC. The summed E-state index contributed by atoms with van der Waals surface area (Å²) in [5, 5.41) is 3.43. The van der Waals surface area contributed by atoms with Crippen LogP contribution in [0.3, 0.4) is 0 Å². The lowest BCUT2D eigenvalue weighted by Crippen LogP contribution is -2.32. The number of hydrogen-bond donors (Lipinski definition) is 1. The van der Waals surface area contributed by atoms with E-state index in [-0.39, 0.29) is 6.10 Å². The maximum absolute atomic E-state index is 6.03. The van der Waals surface area contributed by atoms with Crippen LogP contribution < -0.4 is 14.8 Å². The molecule has 4 heteroatoms. The van der Waals surface area contributed by atoms with Crippen molar-refractivity contribution in [2.45, 2.75) is 25.9 Å². The van der Waals surface area contributed by atoms with Crippen LogP contribution in [-0.2, 0) is 4.74 Å². The average Bonchev–Trinajstić information content (AvgIpc) is 2.52. The Bertz CT molecular complexity index is 422. The highest BCUT2D eigenvalue weighted by molar-refractivity contribution is 5.42. The van der Waals surface area contributed by atoms with Crippen molar-refractivity contribution >= 4 is 0 Å². The highest BCUT2D eigenvalue weighted by atomic mass is 16.5. The van der Waals surface area contributed by atoms with Gasteiger partial charge in [-0.25, -0.2) is 0 Å². The van der Waals surface area contributed by atoms with E-state index < -0.39 is 0 Å². The number of benzene rings is 1. The number of ether oxygens (including phenoxy) is 3. The summed E-state index contributed by atoms with van der Waals surface area (Å²) in [6.45, 7) is 4.93. The summed E-state index contributed by atoms with van der Waals surface area (Å²) in [4.78, 5) is 0. The average molecular weight is 279 g/mol. The second-order valence-corrected chi connectivity index (χ2v) is 5.11. The summed E-state index contributed by atoms with van der Waals surface area (Å²) < 4.78 is 16.8. The smallest absolute Gasteiger partial charge is 0.128 e. The predicted octanol–water partition coefficient (Wildman–Crippen LogP) is 2.78. The van der Waals surface area contributed by atoms with Crippen molar-refractivity contribution in [1.82, 2.24) is 5.32 Å². The Balaban J connectivity index is 2.22. The molecular formula is C16H25NO3. The largest absolute Gasteiger partial charge is 0.497 e. The second kappa shape index (κ2) is 7.50. The van der Waals surface area contributed by atoms with Gasteiger partial charge in [-0.15, -0.1) is 0 Å². The first-order chi connectivity index (χ1) is 9.80. The minimum absolute atomic E-state index is 0.101. The predicted molar refractivity (Wildman–Crippen MR) is 79.5 cm³/mol. The van der Waals surface area contributed by atoms with Gasteiger partial charge >= 0.3 is 0 Å². The lowest BCUT2D eigenvalue weighted by Gasteiger charge is -2.33. The van der Waals surface area contributed by atoms with Crippen molar-refractivity contribution in [1.29, 1.82) is 0 Å². The molecule has 2 unspecified atom stereocenters. The van der Waals surface area contributed by atoms with Gasteiger partial charge in [-0.2, -0.15) is 0 Å². The third-order valence-electron chi connectivity index (χ3n) is 3.85. The van der Waals surface area contributed by atoms with Crippen LogP contribution in [0.4, 0.5) is 0 Å². The van der Waals surface area contributed by atoms with Crippen LogP contribution in [0.1, 0.15) is 31.4 Å². The molecule has 4 nitrogen and oxygen atoms in total. The quantitative estimate of drug-likeness (QED) is 0.869. The molecule has 0 aromatic heterocycles. The molecule has 2 atom stereocenters. The zero-order valence-corrected chi connectivity index (χ0v) is 12.6. The van der Waals surface area contributed by atoms with Crippen molar-refractivity contribution in [3.63, 3.8) is 0 Å². The molecule has 112 valence electrons. The van der Waals surface area contributed by atoms with Gasteiger partial charge in [0.1, 0.15) is 11.5 Å². The van der Waals surface area contributed by atoms with Crippen LogP contribution >= 0.6 is 0 Å². The molecule has 0 radical (unpaired) electrons. The Kier molecular flexibility index (Phi) is 5.68. The van der Waals surface area contributed by atoms with Crippen LogP contribution in [-0.4, -0.2) is 33.9 Å². The highest BCUT2D eigenvalue weighted by Gasteiger charge is 2.29. The van der Waals surface area contributed by atoms with Crippen LogP contribution in [0.15, 0.2) is 18.2 Å². The lowest BCUT2D eigenvalue weighted by atomic mass is 9.89. The maximum atomic E-state index is 6.03. The zero-order valence-electron chi connectivity index (χ0n) is 12.6. The fourth-order valence-electron chi connectivity index (χ4n) is 2.78. The molecule has 0 aliphatic carbocycles. The third-order valence-corrected chi connectivity index (χ3v) is 3.85. The maximum Gasteiger partial charge on any atom is 0.128 e. The van der Waals surface area contributed by atoms with Crippen LogP contribution in [0, 0.1) is 5.92 Å². The van der Waals surface area contributed by atoms with E-state index in [1.807, 2.05) is 12.1 Å². The number of hydrogen-bond acceptors (Lipinski definition) is 4. The molecule has 1 fully saturated rings. The van der Waals surface area contributed by atoms with Gasteiger partial charge in [0.15, 0.2) is 0 Å². The highest BCUT2D eigenvalue weighted by Crippen LogP contribution is 2.39. The van der Waals surface area contributed by atoms with Crippen molar-refractivity contribution < 1.29 is 14.2 Å². The zero-order chi connectivity index (χ0) is 14.4. The molecule has 1 aliphatic heterocycles. The van der Waals surface area contributed by atoms with Crippen LogP contribution in [0.25, 0.3) is 0 Å². The fourth-order valence-corrected chi connectivity index (χ4v) is 2.78. The van der Waals surface area contributed by atoms with Crippen molar-refractivity contribution in [3.8, 4) is 11.5 Å². The monoisotopic (exact) mass is 279 g/mol. The van der Waals surface area contributed by atoms with Crippen LogP contribution in [0.5, 0.6) is 11.5 Å². The molecule has 1 aromatic rings. The van der Waals surface area contributed by atoms with Gasteiger partial charge in [-0.1, -0.05) is 6.92 Å². The molecule has 1 aliphatic rings. The Morgan fingerprint density at radius 1 is 1.30 bits per heavy atom. The Morgan fingerprint density at radius 3 is 2.85 bits per heavy atom. The Labute approximate surface area is 121 Å². The Morgan fingerprint density at radius 2 is 2.15 bits per heavy atom. The fraction of sp³-hybridized carbons (Fsp3) is 0.625. The summed E-state index contributed by atoms with van der Waals surface area (Å²) >= 11 is 0. The summed E-state index contributed by atoms with van der Waals surface area (Å²) in [7, 11) is 3.36. The third kappa shape index (κ3) is 3.44. The first-order valence-electron chi connectivity index (χ1n) is 7.34. The summed E-state index contributed by atoms with van der Waals surface area (Å²) in [5.74, 6) is 2.15. The Hall–Kier alpha value is -1.26. The minimum atomic E-state index is 0.101. The van der Waals surface area contributed by atoms with Crippen molar-refractivity contribution in [3.05, 3.63) is 23.8 Å². The van der Waals surface area contributed by atoms with Gasteiger partial charge in [-0.3, -0.25) is 0 Å².